The Morgan fingerprint density at radius 1 is 1.09 bits per heavy atom. The summed E-state index contributed by atoms with van der Waals surface area (Å²) < 4.78 is 27.2. The van der Waals surface area contributed by atoms with E-state index in [4.69, 9.17) is 11.6 Å². The number of anilines is 1. The van der Waals surface area contributed by atoms with Crippen molar-refractivity contribution < 1.29 is 18.0 Å². The molecule has 1 aliphatic rings. The maximum absolute atomic E-state index is 12.9. The molecule has 0 bridgehead atoms. The van der Waals surface area contributed by atoms with Crippen molar-refractivity contribution in [3.8, 4) is 0 Å². The molecular formula is C23H28ClN3O4S. The highest BCUT2D eigenvalue weighted by Crippen LogP contribution is 2.25. The molecule has 2 aromatic carbocycles. The predicted octanol–water partition coefficient (Wildman–Crippen LogP) is 3.45. The molecule has 1 fully saturated rings. The first kappa shape index (κ1) is 24.2. The molecule has 1 heterocycles. The van der Waals surface area contributed by atoms with Gasteiger partial charge in [0.25, 0.3) is 0 Å². The van der Waals surface area contributed by atoms with Gasteiger partial charge in [0, 0.05) is 29.8 Å². The monoisotopic (exact) mass is 477 g/mol. The summed E-state index contributed by atoms with van der Waals surface area (Å²) in [5, 5.41) is 6.17. The third kappa shape index (κ3) is 6.31. The van der Waals surface area contributed by atoms with Crippen molar-refractivity contribution in [2.45, 2.75) is 44.0 Å². The van der Waals surface area contributed by atoms with E-state index < -0.39 is 15.9 Å². The molecule has 2 amide bonds. The number of hydrogen-bond acceptors (Lipinski definition) is 4. The first-order valence-corrected chi connectivity index (χ1v) is 12.4. The lowest BCUT2D eigenvalue weighted by atomic mass is 9.98. The summed E-state index contributed by atoms with van der Waals surface area (Å²) in [6.07, 6.45) is 1.49. The van der Waals surface area contributed by atoms with Crippen LogP contribution in [0.5, 0.6) is 0 Å². The lowest BCUT2D eigenvalue weighted by molar-refractivity contribution is -0.121. The Hall–Kier alpha value is -2.42. The number of carbonyl (C=O) groups is 2. The molecule has 7 nitrogen and oxygen atoms in total. The number of halogens is 1. The largest absolute Gasteiger partial charge is 0.354 e. The Kier molecular flexibility index (Phi) is 7.92. The van der Waals surface area contributed by atoms with Crippen molar-refractivity contribution in [1.29, 1.82) is 0 Å². The van der Waals surface area contributed by atoms with E-state index in [2.05, 4.69) is 10.6 Å². The van der Waals surface area contributed by atoms with E-state index in [0.717, 1.165) is 5.56 Å². The fourth-order valence-corrected chi connectivity index (χ4v) is 5.29. The van der Waals surface area contributed by atoms with Gasteiger partial charge in [-0.2, -0.15) is 4.31 Å². The second-order valence-electron chi connectivity index (χ2n) is 8.24. The number of rotatable bonds is 7. The van der Waals surface area contributed by atoms with Crippen molar-refractivity contribution in [3.05, 3.63) is 59.1 Å². The van der Waals surface area contributed by atoms with Crippen molar-refractivity contribution in [3.63, 3.8) is 0 Å². The Morgan fingerprint density at radius 3 is 2.38 bits per heavy atom. The van der Waals surface area contributed by atoms with Crippen LogP contribution >= 0.6 is 11.6 Å². The molecule has 1 unspecified atom stereocenters. The van der Waals surface area contributed by atoms with Gasteiger partial charge in [0.15, 0.2) is 0 Å². The van der Waals surface area contributed by atoms with Crippen LogP contribution in [0.15, 0.2) is 53.4 Å². The van der Waals surface area contributed by atoms with Gasteiger partial charge < -0.3 is 10.6 Å². The van der Waals surface area contributed by atoms with Crippen LogP contribution in [0.2, 0.25) is 5.02 Å². The minimum atomic E-state index is -3.69. The number of amides is 2. The van der Waals surface area contributed by atoms with Crippen LogP contribution in [-0.4, -0.2) is 43.7 Å². The SMILES string of the molecule is CC(C)NC(=O)Cc1ccc(NC(=O)C2CCCN(S(=O)(=O)c3ccc(Cl)cc3)C2)cc1. The van der Waals surface area contributed by atoms with Gasteiger partial charge in [-0.25, -0.2) is 8.42 Å². The number of nitrogens with zero attached hydrogens (tertiary/aromatic N) is 1. The van der Waals surface area contributed by atoms with Crippen LogP contribution < -0.4 is 10.6 Å². The van der Waals surface area contributed by atoms with Gasteiger partial charge in [-0.3, -0.25) is 9.59 Å². The van der Waals surface area contributed by atoms with Crippen molar-refractivity contribution in [2.75, 3.05) is 18.4 Å². The Morgan fingerprint density at radius 2 is 1.75 bits per heavy atom. The second kappa shape index (κ2) is 10.5. The quantitative estimate of drug-likeness (QED) is 0.638. The molecule has 3 rings (SSSR count). The lowest BCUT2D eigenvalue weighted by Crippen LogP contribution is -2.43. The first-order valence-electron chi connectivity index (χ1n) is 10.6. The van der Waals surface area contributed by atoms with Gasteiger partial charge in [0.2, 0.25) is 21.8 Å². The average molecular weight is 478 g/mol. The summed E-state index contributed by atoms with van der Waals surface area (Å²) in [5.74, 6) is -0.713. The molecule has 9 heteroatoms. The number of carbonyl (C=O) groups excluding carboxylic acids is 2. The zero-order valence-corrected chi connectivity index (χ0v) is 19.7. The van der Waals surface area contributed by atoms with Crippen LogP contribution in [-0.2, 0) is 26.0 Å². The van der Waals surface area contributed by atoms with Crippen LogP contribution in [0.1, 0.15) is 32.3 Å². The van der Waals surface area contributed by atoms with Gasteiger partial charge in [0.1, 0.15) is 0 Å². The molecule has 1 saturated heterocycles. The summed E-state index contributed by atoms with van der Waals surface area (Å²) in [6.45, 7) is 4.32. The molecule has 172 valence electrons. The molecule has 0 aliphatic carbocycles. The van der Waals surface area contributed by atoms with Crippen molar-refractivity contribution in [1.82, 2.24) is 9.62 Å². The van der Waals surface area contributed by atoms with E-state index in [1.165, 1.54) is 16.4 Å². The van der Waals surface area contributed by atoms with Gasteiger partial charge in [0.05, 0.1) is 17.2 Å². The zero-order valence-electron chi connectivity index (χ0n) is 18.2. The number of sulfonamides is 1. The second-order valence-corrected chi connectivity index (χ2v) is 10.6. The standard InChI is InChI=1S/C23H28ClN3O4S/c1-16(2)25-22(28)14-17-5-9-20(10-6-17)26-23(29)18-4-3-13-27(15-18)32(30,31)21-11-7-19(24)8-12-21/h5-12,16,18H,3-4,13-15H2,1-2H3,(H,25,28)(H,26,29). The fourth-order valence-electron chi connectivity index (χ4n) is 3.64. The fraction of sp³-hybridized carbons (Fsp3) is 0.391. The summed E-state index contributed by atoms with van der Waals surface area (Å²) >= 11 is 5.86. The van der Waals surface area contributed by atoms with E-state index in [9.17, 15) is 18.0 Å². The summed E-state index contributed by atoms with van der Waals surface area (Å²) in [7, 11) is -3.69. The Balaban J connectivity index is 1.60. The van der Waals surface area contributed by atoms with Gasteiger partial charge in [-0.15, -0.1) is 0 Å². The summed E-state index contributed by atoms with van der Waals surface area (Å²) in [6, 6.07) is 13.2. The van der Waals surface area contributed by atoms with E-state index in [1.807, 2.05) is 13.8 Å². The molecular weight excluding hydrogens is 450 g/mol. The zero-order chi connectivity index (χ0) is 23.3. The molecule has 1 aliphatic heterocycles. The molecule has 0 aromatic heterocycles. The van der Waals surface area contributed by atoms with Crippen molar-refractivity contribution >= 4 is 39.1 Å². The third-order valence-corrected chi connectivity index (χ3v) is 7.37. The predicted molar refractivity (Wildman–Crippen MR) is 125 cm³/mol. The number of benzene rings is 2. The topological polar surface area (TPSA) is 95.6 Å². The van der Waals surface area contributed by atoms with Crippen LogP contribution in [0.25, 0.3) is 0 Å². The highest BCUT2D eigenvalue weighted by molar-refractivity contribution is 7.89. The van der Waals surface area contributed by atoms with E-state index in [-0.39, 0.29) is 35.7 Å². The molecule has 2 aromatic rings. The van der Waals surface area contributed by atoms with Crippen LogP contribution in [0, 0.1) is 5.92 Å². The summed E-state index contributed by atoms with van der Waals surface area (Å²) in [5.41, 5.74) is 1.46. The Bertz CT molecular complexity index is 1050. The van der Waals surface area contributed by atoms with Crippen LogP contribution in [0.4, 0.5) is 5.69 Å². The maximum Gasteiger partial charge on any atom is 0.243 e. The van der Waals surface area contributed by atoms with E-state index in [0.29, 0.717) is 30.1 Å². The lowest BCUT2D eigenvalue weighted by Gasteiger charge is -2.31. The molecule has 0 spiro atoms. The minimum absolute atomic E-state index is 0.0546. The van der Waals surface area contributed by atoms with Crippen molar-refractivity contribution in [2.24, 2.45) is 5.92 Å². The smallest absolute Gasteiger partial charge is 0.243 e. The average Bonchev–Trinajstić information content (AvgIpc) is 2.75. The van der Waals surface area contributed by atoms with Gasteiger partial charge >= 0.3 is 0 Å². The Labute approximate surface area is 194 Å². The highest BCUT2D eigenvalue weighted by Gasteiger charge is 2.33. The van der Waals surface area contributed by atoms with E-state index >= 15 is 0 Å². The third-order valence-electron chi connectivity index (χ3n) is 5.24. The number of piperidine rings is 1. The molecule has 32 heavy (non-hydrogen) atoms. The maximum atomic E-state index is 12.9. The molecule has 0 radical (unpaired) electrons. The highest BCUT2D eigenvalue weighted by atomic mass is 35.5. The number of nitrogens with one attached hydrogen (secondary N) is 2. The first-order chi connectivity index (χ1) is 15.1. The summed E-state index contributed by atoms with van der Waals surface area (Å²) in [4.78, 5) is 24.8. The van der Waals surface area contributed by atoms with Crippen LogP contribution in [0.3, 0.4) is 0 Å². The molecule has 1 atom stereocenters. The minimum Gasteiger partial charge on any atom is -0.354 e. The van der Waals surface area contributed by atoms with Gasteiger partial charge in [-0.05, 0) is 68.7 Å². The van der Waals surface area contributed by atoms with E-state index in [1.54, 1.807) is 36.4 Å². The van der Waals surface area contributed by atoms with Gasteiger partial charge in [-0.1, -0.05) is 23.7 Å². The number of hydrogen-bond donors (Lipinski definition) is 2. The normalized spacial score (nSPS) is 17.2. The molecule has 0 saturated carbocycles. The molecule has 2 N–H and O–H groups in total.